The lowest BCUT2D eigenvalue weighted by molar-refractivity contribution is -0.127. The first-order valence-corrected chi connectivity index (χ1v) is 5.04. The van der Waals surface area contributed by atoms with Crippen molar-refractivity contribution in [2.75, 3.05) is 0 Å². The third kappa shape index (κ3) is 1.18. The monoisotopic (exact) mass is 181 g/mol. The van der Waals surface area contributed by atoms with Crippen LogP contribution in [0.2, 0.25) is 0 Å². The molecule has 0 unspecified atom stereocenters. The van der Waals surface area contributed by atoms with E-state index in [1.165, 1.54) is 0 Å². The number of hydrogen-bond donors (Lipinski definition) is 1. The van der Waals surface area contributed by atoms with Gasteiger partial charge in [0.05, 0.1) is 11.1 Å². The number of carbonyl (C=O) groups is 1. The molecule has 0 heterocycles. The van der Waals surface area contributed by atoms with E-state index < -0.39 is 0 Å². The Kier molecular flexibility index (Phi) is 2.10. The van der Waals surface area contributed by atoms with Gasteiger partial charge in [0.1, 0.15) is 5.78 Å². The summed E-state index contributed by atoms with van der Waals surface area (Å²) in [6.45, 7) is 0. The summed E-state index contributed by atoms with van der Waals surface area (Å²) in [5.41, 5.74) is 0.407. The molecule has 0 aromatic heterocycles. The van der Waals surface area contributed by atoms with Crippen LogP contribution in [0.1, 0.15) is 44.9 Å². The Labute approximate surface area is 77.8 Å². The summed E-state index contributed by atoms with van der Waals surface area (Å²) in [7, 11) is 0. The minimum absolute atomic E-state index is 0.309. The molecule has 2 aliphatic carbocycles. The summed E-state index contributed by atoms with van der Waals surface area (Å²) in [5.74, 6) is 0.309. The van der Waals surface area contributed by atoms with Gasteiger partial charge in [-0.3, -0.25) is 4.79 Å². The molecular formula is C10H15NO2. The van der Waals surface area contributed by atoms with Crippen molar-refractivity contribution in [2.45, 2.75) is 44.9 Å². The van der Waals surface area contributed by atoms with E-state index in [1.54, 1.807) is 0 Å². The lowest BCUT2D eigenvalue weighted by Gasteiger charge is -2.31. The molecule has 0 amide bonds. The lowest BCUT2D eigenvalue weighted by atomic mass is 9.71. The second kappa shape index (κ2) is 3.13. The van der Waals surface area contributed by atoms with E-state index in [0.717, 1.165) is 44.2 Å². The third-order valence-corrected chi connectivity index (χ3v) is 3.48. The molecule has 0 aromatic rings. The second-order valence-electron chi connectivity index (χ2n) is 4.11. The summed E-state index contributed by atoms with van der Waals surface area (Å²) in [6.07, 6.45) is 6.42. The van der Waals surface area contributed by atoms with Crippen molar-refractivity contribution < 1.29 is 10.0 Å². The number of ketones is 1. The van der Waals surface area contributed by atoms with E-state index in [1.807, 2.05) is 0 Å². The Balaban J connectivity index is 2.30. The van der Waals surface area contributed by atoms with E-state index in [9.17, 15) is 4.79 Å². The normalized spacial score (nSPS) is 37.5. The largest absolute Gasteiger partial charge is 0.411 e. The first kappa shape index (κ1) is 8.73. The van der Waals surface area contributed by atoms with Gasteiger partial charge in [0.15, 0.2) is 0 Å². The van der Waals surface area contributed by atoms with Gasteiger partial charge in [-0.05, 0) is 32.1 Å². The second-order valence-corrected chi connectivity index (χ2v) is 4.11. The number of oxime groups is 1. The van der Waals surface area contributed by atoms with Crippen LogP contribution in [0, 0.1) is 5.41 Å². The van der Waals surface area contributed by atoms with Crippen molar-refractivity contribution >= 4 is 11.5 Å². The average Bonchev–Trinajstić information content (AvgIpc) is 2.55. The molecule has 13 heavy (non-hydrogen) atoms. The molecule has 1 N–H and O–H groups in total. The summed E-state index contributed by atoms with van der Waals surface area (Å²) in [6, 6.07) is 0. The van der Waals surface area contributed by atoms with Gasteiger partial charge >= 0.3 is 0 Å². The van der Waals surface area contributed by atoms with Gasteiger partial charge in [0, 0.05) is 6.42 Å². The molecule has 72 valence electrons. The minimum atomic E-state index is -0.340. The van der Waals surface area contributed by atoms with E-state index in [4.69, 9.17) is 5.21 Å². The highest BCUT2D eigenvalue weighted by atomic mass is 16.4. The summed E-state index contributed by atoms with van der Waals surface area (Å²) < 4.78 is 0. The maximum absolute atomic E-state index is 11.8. The van der Waals surface area contributed by atoms with E-state index in [2.05, 4.69) is 5.16 Å². The van der Waals surface area contributed by atoms with Crippen LogP contribution in [0.25, 0.3) is 0 Å². The smallest absolute Gasteiger partial charge is 0.144 e. The molecule has 2 rings (SSSR count). The first-order chi connectivity index (χ1) is 6.29. The Morgan fingerprint density at radius 1 is 1.15 bits per heavy atom. The van der Waals surface area contributed by atoms with Crippen LogP contribution < -0.4 is 0 Å². The van der Waals surface area contributed by atoms with Crippen molar-refractivity contribution in [3.8, 4) is 0 Å². The standard InChI is InChI=1S/C10H15NO2/c12-9-5-1-2-6-10(9)7-3-4-8(10)11-13/h13H,1-7H2/b11-8+/t10-/m1/s1. The predicted molar refractivity (Wildman–Crippen MR) is 49.0 cm³/mol. The summed E-state index contributed by atoms with van der Waals surface area (Å²) >= 11 is 0. The molecule has 0 aromatic carbocycles. The van der Waals surface area contributed by atoms with Crippen LogP contribution >= 0.6 is 0 Å². The summed E-state index contributed by atoms with van der Waals surface area (Å²) in [4.78, 5) is 11.8. The first-order valence-electron chi connectivity index (χ1n) is 5.04. The van der Waals surface area contributed by atoms with Gasteiger partial charge in [-0.1, -0.05) is 11.6 Å². The number of Topliss-reactive ketones (excluding diaryl/α,β-unsaturated/α-hetero) is 1. The maximum Gasteiger partial charge on any atom is 0.144 e. The van der Waals surface area contributed by atoms with E-state index in [-0.39, 0.29) is 5.41 Å². The number of hydrogen-bond acceptors (Lipinski definition) is 3. The van der Waals surface area contributed by atoms with Crippen LogP contribution in [0.4, 0.5) is 0 Å². The van der Waals surface area contributed by atoms with Crippen LogP contribution in [-0.4, -0.2) is 16.7 Å². The Morgan fingerprint density at radius 3 is 2.62 bits per heavy atom. The minimum Gasteiger partial charge on any atom is -0.411 e. The fraction of sp³-hybridized carbons (Fsp3) is 0.800. The lowest BCUT2D eigenvalue weighted by Crippen LogP contribution is -2.37. The Hall–Kier alpha value is -0.860. The molecule has 2 aliphatic rings. The third-order valence-electron chi connectivity index (χ3n) is 3.48. The molecular weight excluding hydrogens is 166 g/mol. The van der Waals surface area contributed by atoms with Crippen molar-refractivity contribution in [3.63, 3.8) is 0 Å². The number of nitrogens with zero attached hydrogens (tertiary/aromatic N) is 1. The highest BCUT2D eigenvalue weighted by Crippen LogP contribution is 2.44. The SMILES string of the molecule is O=C1CCCC[C@]12CCC/C2=N\O. The molecule has 0 bridgehead atoms. The van der Waals surface area contributed by atoms with Crippen LogP contribution in [0.3, 0.4) is 0 Å². The van der Waals surface area contributed by atoms with Crippen LogP contribution in [0.5, 0.6) is 0 Å². The zero-order chi connectivity index (χ0) is 9.31. The highest BCUT2D eigenvalue weighted by Gasteiger charge is 2.47. The molecule has 3 heteroatoms. The van der Waals surface area contributed by atoms with Crippen LogP contribution in [-0.2, 0) is 4.79 Å². The van der Waals surface area contributed by atoms with Crippen LogP contribution in [0.15, 0.2) is 5.16 Å². The van der Waals surface area contributed by atoms with Crippen molar-refractivity contribution in [1.29, 1.82) is 0 Å². The van der Waals surface area contributed by atoms with Gasteiger partial charge < -0.3 is 5.21 Å². The molecule has 2 saturated carbocycles. The van der Waals surface area contributed by atoms with E-state index in [0.29, 0.717) is 12.2 Å². The van der Waals surface area contributed by atoms with Gasteiger partial charge in [0.25, 0.3) is 0 Å². The van der Waals surface area contributed by atoms with Crippen molar-refractivity contribution in [2.24, 2.45) is 10.6 Å². The topological polar surface area (TPSA) is 49.7 Å². The zero-order valence-electron chi connectivity index (χ0n) is 7.75. The fourth-order valence-corrected chi connectivity index (χ4v) is 2.75. The number of rotatable bonds is 0. The van der Waals surface area contributed by atoms with Gasteiger partial charge in [0.2, 0.25) is 0 Å². The molecule has 3 nitrogen and oxygen atoms in total. The molecule has 0 aliphatic heterocycles. The maximum atomic E-state index is 11.8. The zero-order valence-corrected chi connectivity index (χ0v) is 7.75. The summed E-state index contributed by atoms with van der Waals surface area (Å²) in [5, 5.41) is 12.1. The molecule has 1 spiro atoms. The molecule has 0 saturated heterocycles. The Bertz CT molecular complexity index is 260. The van der Waals surface area contributed by atoms with Crippen molar-refractivity contribution in [3.05, 3.63) is 0 Å². The van der Waals surface area contributed by atoms with E-state index >= 15 is 0 Å². The number of carbonyl (C=O) groups excluding carboxylic acids is 1. The van der Waals surface area contributed by atoms with Gasteiger partial charge in [-0.25, -0.2) is 0 Å². The Morgan fingerprint density at radius 2 is 1.92 bits per heavy atom. The average molecular weight is 181 g/mol. The molecule has 2 fully saturated rings. The quantitative estimate of drug-likeness (QED) is 0.459. The predicted octanol–water partition coefficient (Wildman–Crippen LogP) is 2.13. The van der Waals surface area contributed by atoms with Crippen molar-refractivity contribution in [1.82, 2.24) is 0 Å². The fourth-order valence-electron chi connectivity index (χ4n) is 2.75. The highest BCUT2D eigenvalue weighted by molar-refractivity contribution is 6.10. The molecule has 1 atom stereocenters. The van der Waals surface area contributed by atoms with Gasteiger partial charge in [-0.2, -0.15) is 0 Å². The molecule has 0 radical (unpaired) electrons. The van der Waals surface area contributed by atoms with Gasteiger partial charge in [-0.15, -0.1) is 0 Å².